The minimum atomic E-state index is -0.156. The zero-order valence-corrected chi connectivity index (χ0v) is 12.8. The van der Waals surface area contributed by atoms with Crippen molar-refractivity contribution in [2.45, 2.75) is 0 Å². The van der Waals surface area contributed by atoms with Gasteiger partial charge in [-0.05, 0) is 36.4 Å². The van der Waals surface area contributed by atoms with Crippen LogP contribution in [-0.2, 0) is 0 Å². The van der Waals surface area contributed by atoms with E-state index in [0.29, 0.717) is 11.4 Å². The topological polar surface area (TPSA) is 59.3 Å². The van der Waals surface area contributed by atoms with E-state index in [1.165, 1.54) is 0 Å². The van der Waals surface area contributed by atoms with Crippen molar-refractivity contribution in [2.75, 3.05) is 5.32 Å². The molecular formula is C19H14N4O. The molecule has 0 atom stereocenters. The molecule has 0 unspecified atom stereocenters. The molecule has 4 aromatic rings. The Morgan fingerprint density at radius 3 is 2.58 bits per heavy atom. The Morgan fingerprint density at radius 2 is 1.71 bits per heavy atom. The molecule has 4 rings (SSSR count). The van der Waals surface area contributed by atoms with Crippen molar-refractivity contribution in [3.05, 3.63) is 84.6 Å². The molecule has 0 bridgehead atoms. The quantitative estimate of drug-likeness (QED) is 0.628. The van der Waals surface area contributed by atoms with E-state index in [1.54, 1.807) is 6.07 Å². The second kappa shape index (κ2) is 5.96. The summed E-state index contributed by atoms with van der Waals surface area (Å²) in [6, 6.07) is 22.5. The first kappa shape index (κ1) is 14.1. The molecular weight excluding hydrogens is 300 g/mol. The summed E-state index contributed by atoms with van der Waals surface area (Å²) < 4.78 is 1.90. The van der Waals surface area contributed by atoms with Crippen LogP contribution in [0.5, 0.6) is 0 Å². The van der Waals surface area contributed by atoms with Gasteiger partial charge in [0.1, 0.15) is 0 Å². The van der Waals surface area contributed by atoms with Crippen molar-refractivity contribution in [3.8, 4) is 11.4 Å². The Labute approximate surface area is 138 Å². The molecule has 2 aromatic heterocycles. The van der Waals surface area contributed by atoms with E-state index in [-0.39, 0.29) is 5.91 Å². The van der Waals surface area contributed by atoms with E-state index in [9.17, 15) is 4.79 Å². The van der Waals surface area contributed by atoms with Gasteiger partial charge >= 0.3 is 0 Å². The number of aromatic nitrogens is 3. The first-order valence-corrected chi connectivity index (χ1v) is 7.58. The lowest BCUT2D eigenvalue weighted by molar-refractivity contribution is 0.102. The number of pyridine rings is 1. The number of rotatable bonds is 3. The Hall–Kier alpha value is -3.47. The number of hydrogen-bond acceptors (Lipinski definition) is 3. The highest BCUT2D eigenvalue weighted by atomic mass is 16.1. The molecule has 5 nitrogen and oxygen atoms in total. The average molecular weight is 314 g/mol. The van der Waals surface area contributed by atoms with Crippen LogP contribution < -0.4 is 5.32 Å². The van der Waals surface area contributed by atoms with Gasteiger partial charge in [0, 0.05) is 23.0 Å². The van der Waals surface area contributed by atoms with Crippen LogP contribution in [0.15, 0.2) is 79.0 Å². The van der Waals surface area contributed by atoms with Crippen LogP contribution in [0.3, 0.4) is 0 Å². The molecule has 2 heterocycles. The minimum Gasteiger partial charge on any atom is -0.322 e. The highest BCUT2D eigenvalue weighted by Crippen LogP contribution is 2.20. The van der Waals surface area contributed by atoms with Gasteiger partial charge in [0.15, 0.2) is 11.5 Å². The van der Waals surface area contributed by atoms with Crippen molar-refractivity contribution in [3.63, 3.8) is 0 Å². The molecule has 116 valence electrons. The van der Waals surface area contributed by atoms with Gasteiger partial charge in [-0.15, -0.1) is 10.2 Å². The van der Waals surface area contributed by atoms with Crippen LogP contribution >= 0.6 is 0 Å². The molecule has 1 N–H and O–H groups in total. The number of anilines is 1. The van der Waals surface area contributed by atoms with E-state index in [0.717, 1.165) is 16.9 Å². The van der Waals surface area contributed by atoms with Gasteiger partial charge in [-0.25, -0.2) is 0 Å². The summed E-state index contributed by atoms with van der Waals surface area (Å²) >= 11 is 0. The molecule has 0 radical (unpaired) electrons. The zero-order chi connectivity index (χ0) is 16.4. The molecule has 24 heavy (non-hydrogen) atoms. The van der Waals surface area contributed by atoms with Crippen molar-refractivity contribution >= 4 is 17.2 Å². The maximum atomic E-state index is 12.4. The molecule has 0 saturated heterocycles. The fourth-order valence-corrected chi connectivity index (χ4v) is 2.56. The maximum absolute atomic E-state index is 12.4. The van der Waals surface area contributed by atoms with E-state index in [1.807, 2.05) is 77.3 Å². The predicted molar refractivity (Wildman–Crippen MR) is 92.8 cm³/mol. The van der Waals surface area contributed by atoms with Crippen LogP contribution in [0, 0.1) is 0 Å². The van der Waals surface area contributed by atoms with Crippen LogP contribution in [0.2, 0.25) is 0 Å². The van der Waals surface area contributed by atoms with Crippen molar-refractivity contribution < 1.29 is 4.79 Å². The minimum absolute atomic E-state index is 0.156. The third kappa shape index (κ3) is 2.63. The molecule has 0 aliphatic heterocycles. The van der Waals surface area contributed by atoms with Crippen molar-refractivity contribution in [1.82, 2.24) is 14.6 Å². The molecule has 0 aliphatic carbocycles. The van der Waals surface area contributed by atoms with Gasteiger partial charge in [-0.2, -0.15) is 0 Å². The van der Waals surface area contributed by atoms with Crippen LogP contribution in [-0.4, -0.2) is 20.5 Å². The number of para-hydroxylation sites is 1. The Balaban J connectivity index is 1.68. The number of nitrogens with one attached hydrogen (secondary N) is 1. The number of carbonyl (C=O) groups is 1. The molecule has 1 amide bonds. The van der Waals surface area contributed by atoms with Crippen LogP contribution in [0.4, 0.5) is 5.69 Å². The molecule has 0 spiro atoms. The molecule has 2 aromatic carbocycles. The first-order valence-electron chi connectivity index (χ1n) is 7.58. The summed E-state index contributed by atoms with van der Waals surface area (Å²) in [5.74, 6) is 0.553. The number of benzene rings is 2. The lowest BCUT2D eigenvalue weighted by atomic mass is 10.1. The van der Waals surface area contributed by atoms with E-state index in [4.69, 9.17) is 0 Å². The molecule has 0 saturated carbocycles. The summed E-state index contributed by atoms with van der Waals surface area (Å²) in [6.07, 6.45) is 1.90. The number of nitrogens with zero attached hydrogens (tertiary/aromatic N) is 3. The fourth-order valence-electron chi connectivity index (χ4n) is 2.56. The lowest BCUT2D eigenvalue weighted by Gasteiger charge is -2.06. The Kier molecular flexibility index (Phi) is 3.51. The van der Waals surface area contributed by atoms with E-state index < -0.39 is 0 Å². The van der Waals surface area contributed by atoms with E-state index in [2.05, 4.69) is 15.5 Å². The Bertz CT molecular complexity index is 1010. The second-order valence-corrected chi connectivity index (χ2v) is 5.35. The SMILES string of the molecule is O=C(Nc1ccccc1)c1cccc(-c2nnc3ccccn23)c1. The third-order valence-corrected chi connectivity index (χ3v) is 3.73. The van der Waals surface area contributed by atoms with E-state index >= 15 is 0 Å². The predicted octanol–water partition coefficient (Wildman–Crippen LogP) is 3.65. The summed E-state index contributed by atoms with van der Waals surface area (Å²) in [6.45, 7) is 0. The number of hydrogen-bond donors (Lipinski definition) is 1. The number of fused-ring (bicyclic) bond motifs is 1. The summed E-state index contributed by atoms with van der Waals surface area (Å²) in [5.41, 5.74) is 2.95. The average Bonchev–Trinajstić information content (AvgIpc) is 3.07. The number of amides is 1. The summed E-state index contributed by atoms with van der Waals surface area (Å²) in [4.78, 5) is 12.4. The molecule has 0 aliphatic rings. The van der Waals surface area contributed by atoms with Crippen LogP contribution in [0.1, 0.15) is 10.4 Å². The standard InChI is InChI=1S/C19H14N4O/c24-19(20-16-9-2-1-3-10-16)15-8-6-7-14(13-15)18-22-21-17-11-4-5-12-23(17)18/h1-13H,(H,20,24). The Morgan fingerprint density at radius 1 is 0.875 bits per heavy atom. The molecule has 5 heteroatoms. The van der Waals surface area contributed by atoms with Gasteiger partial charge < -0.3 is 5.32 Å². The smallest absolute Gasteiger partial charge is 0.255 e. The highest BCUT2D eigenvalue weighted by Gasteiger charge is 2.11. The normalized spacial score (nSPS) is 10.7. The van der Waals surface area contributed by atoms with Gasteiger partial charge in [-0.1, -0.05) is 36.4 Å². The highest BCUT2D eigenvalue weighted by molar-refractivity contribution is 6.04. The fraction of sp³-hybridized carbons (Fsp3) is 0. The first-order chi connectivity index (χ1) is 11.8. The van der Waals surface area contributed by atoms with Crippen molar-refractivity contribution in [1.29, 1.82) is 0 Å². The van der Waals surface area contributed by atoms with Gasteiger partial charge in [0.2, 0.25) is 0 Å². The maximum Gasteiger partial charge on any atom is 0.255 e. The monoisotopic (exact) mass is 314 g/mol. The van der Waals surface area contributed by atoms with Crippen molar-refractivity contribution in [2.24, 2.45) is 0 Å². The second-order valence-electron chi connectivity index (χ2n) is 5.35. The van der Waals surface area contributed by atoms with Gasteiger partial charge in [0.05, 0.1) is 0 Å². The third-order valence-electron chi connectivity index (χ3n) is 3.73. The van der Waals surface area contributed by atoms with Gasteiger partial charge in [0.25, 0.3) is 5.91 Å². The largest absolute Gasteiger partial charge is 0.322 e. The van der Waals surface area contributed by atoms with Crippen LogP contribution in [0.25, 0.3) is 17.0 Å². The zero-order valence-electron chi connectivity index (χ0n) is 12.8. The summed E-state index contributed by atoms with van der Waals surface area (Å²) in [5, 5.41) is 11.3. The number of carbonyl (C=O) groups excluding carboxylic acids is 1. The van der Waals surface area contributed by atoms with Gasteiger partial charge in [-0.3, -0.25) is 9.20 Å². The molecule has 0 fully saturated rings. The lowest BCUT2D eigenvalue weighted by Crippen LogP contribution is -2.11. The summed E-state index contributed by atoms with van der Waals surface area (Å²) in [7, 11) is 0.